The molecule has 0 aliphatic rings. The molecule has 0 N–H and O–H groups in total. The Bertz CT molecular complexity index is 260. The van der Waals surface area contributed by atoms with Gasteiger partial charge in [-0.05, 0) is 0 Å². The first-order chi connectivity index (χ1) is 5.93. The third-order valence-corrected chi connectivity index (χ3v) is 1.48. The topological polar surface area (TPSA) is 0 Å². The smallest absolute Gasteiger partial charge is 0 e. The molecule has 13 heavy (non-hydrogen) atoms. The average Bonchev–Trinajstić information content (AvgIpc) is 2.81. The van der Waals surface area contributed by atoms with E-state index in [1.807, 2.05) is 60.7 Å². The van der Waals surface area contributed by atoms with Gasteiger partial charge in [0.25, 0.3) is 0 Å². The predicted octanol–water partition coefficient (Wildman–Crippen LogP) is 3.45. The van der Waals surface area contributed by atoms with E-state index in [2.05, 4.69) is 6.58 Å². The third-order valence-electron chi connectivity index (χ3n) is 1.48. The zero-order valence-electron chi connectivity index (χ0n) is 7.48. The van der Waals surface area contributed by atoms with Gasteiger partial charge in [0, 0.05) is 26.2 Å². The Balaban J connectivity index is 0.000000215. The van der Waals surface area contributed by atoms with Crippen LogP contribution in [0, 0.1) is 0 Å². The Kier molecular flexibility index (Phi) is 7.53. The molecule has 0 nitrogen and oxygen atoms in total. The van der Waals surface area contributed by atoms with Crippen LogP contribution in [0.15, 0.2) is 61.2 Å². The van der Waals surface area contributed by atoms with Crippen LogP contribution < -0.4 is 0 Å². The van der Waals surface area contributed by atoms with E-state index in [0.29, 0.717) is 0 Å². The van der Waals surface area contributed by atoms with Gasteiger partial charge in [-0.1, -0.05) is 0 Å². The first-order valence-corrected chi connectivity index (χ1v) is 3.94. The van der Waals surface area contributed by atoms with Crippen LogP contribution >= 0.6 is 0 Å². The average molecular weight is 247 g/mol. The van der Waals surface area contributed by atoms with Crippen molar-refractivity contribution in [1.29, 1.82) is 0 Å². The minimum absolute atomic E-state index is 0. The van der Waals surface area contributed by atoms with Gasteiger partial charge in [0.05, 0.1) is 0 Å². The van der Waals surface area contributed by atoms with Gasteiger partial charge in [-0.2, -0.15) is 18.7 Å². The van der Waals surface area contributed by atoms with Crippen LogP contribution in [-0.4, -0.2) is 0 Å². The standard InChI is InChI=1S/C7H7.C5H5.Zr/c1-2-7-5-3-4-6-7;1-2-4-5-3-1;/h2-6H,1H2;1-5H;/q-1;-5;. The molecule has 0 amide bonds. The molecule has 2 rings (SSSR count). The maximum Gasteiger partial charge on any atom is 0 e. The Morgan fingerprint density at radius 1 is 0.923 bits per heavy atom. The number of hydrogen-bond donors (Lipinski definition) is 0. The van der Waals surface area contributed by atoms with Crippen molar-refractivity contribution in [3.8, 4) is 0 Å². The minimum atomic E-state index is 0. The normalized spacial score (nSPS) is 7.69. The monoisotopic (exact) mass is 246 g/mol. The molecule has 1 heteroatoms. The van der Waals surface area contributed by atoms with Crippen LogP contribution in [0.2, 0.25) is 0 Å². The largest absolute Gasteiger partial charge is 0.748 e. The van der Waals surface area contributed by atoms with Crippen molar-refractivity contribution in [3.63, 3.8) is 0 Å². The summed E-state index contributed by atoms with van der Waals surface area (Å²) < 4.78 is 0. The molecule has 0 radical (unpaired) electrons. The van der Waals surface area contributed by atoms with Crippen LogP contribution in [0.3, 0.4) is 0 Å². The molecule has 0 aliphatic heterocycles. The van der Waals surface area contributed by atoms with Gasteiger partial charge in [-0.15, -0.1) is 23.8 Å². The van der Waals surface area contributed by atoms with Crippen molar-refractivity contribution in [3.05, 3.63) is 66.7 Å². The molecule has 2 aromatic rings. The van der Waals surface area contributed by atoms with Crippen LogP contribution in [-0.2, 0) is 26.2 Å². The molecule has 0 aromatic heterocycles. The molecule has 0 bridgehead atoms. The maximum absolute atomic E-state index is 3.60. The zero-order chi connectivity index (χ0) is 8.65. The Morgan fingerprint density at radius 3 is 1.54 bits per heavy atom. The Labute approximate surface area is 98.8 Å². The van der Waals surface area contributed by atoms with Gasteiger partial charge < -0.3 is 30.3 Å². The molecule has 0 saturated carbocycles. The predicted molar refractivity (Wildman–Crippen MR) is 54.2 cm³/mol. The molecular weight excluding hydrogens is 235 g/mol. The summed E-state index contributed by atoms with van der Waals surface area (Å²) in [5.74, 6) is 0. The second-order valence-corrected chi connectivity index (χ2v) is 2.38. The third kappa shape index (κ3) is 5.54. The summed E-state index contributed by atoms with van der Waals surface area (Å²) in [6.07, 6.45) is 1.83. The van der Waals surface area contributed by atoms with Crippen LogP contribution in [0.4, 0.5) is 0 Å². The van der Waals surface area contributed by atoms with Gasteiger partial charge in [0.1, 0.15) is 0 Å². The molecule has 2 aromatic carbocycles. The molecule has 70 valence electrons. The molecule has 0 aliphatic carbocycles. The molecule has 0 unspecified atom stereocenters. The van der Waals surface area contributed by atoms with Gasteiger partial charge in [-0.3, -0.25) is 0 Å². The van der Waals surface area contributed by atoms with Crippen LogP contribution in [0.5, 0.6) is 0 Å². The van der Waals surface area contributed by atoms with Crippen molar-refractivity contribution in [2.45, 2.75) is 0 Å². The van der Waals surface area contributed by atoms with E-state index in [0.717, 1.165) is 0 Å². The van der Waals surface area contributed by atoms with Crippen molar-refractivity contribution in [2.75, 3.05) is 0 Å². The van der Waals surface area contributed by atoms with Gasteiger partial charge in [-0.25, -0.2) is 0 Å². The minimum Gasteiger partial charge on any atom is -0.748 e. The van der Waals surface area contributed by atoms with E-state index in [9.17, 15) is 0 Å². The van der Waals surface area contributed by atoms with E-state index in [1.165, 1.54) is 5.56 Å². The van der Waals surface area contributed by atoms with Crippen LogP contribution in [0.25, 0.3) is 6.08 Å². The second kappa shape index (κ2) is 7.95. The summed E-state index contributed by atoms with van der Waals surface area (Å²) in [4.78, 5) is 0. The molecule has 0 spiro atoms. The van der Waals surface area contributed by atoms with Crippen LogP contribution in [0.1, 0.15) is 5.56 Å². The summed E-state index contributed by atoms with van der Waals surface area (Å²) in [5.41, 5.74) is 1.19. The van der Waals surface area contributed by atoms with Crippen molar-refractivity contribution in [1.82, 2.24) is 0 Å². The zero-order valence-corrected chi connectivity index (χ0v) is 9.94. The summed E-state index contributed by atoms with van der Waals surface area (Å²) in [5, 5.41) is 0. The Morgan fingerprint density at radius 2 is 1.31 bits per heavy atom. The number of hydrogen-bond acceptors (Lipinski definition) is 0. The van der Waals surface area contributed by atoms with Crippen molar-refractivity contribution in [2.24, 2.45) is 0 Å². The summed E-state index contributed by atoms with van der Waals surface area (Å²) >= 11 is 0. The van der Waals surface area contributed by atoms with E-state index in [4.69, 9.17) is 0 Å². The van der Waals surface area contributed by atoms with Gasteiger partial charge >= 0.3 is 0 Å². The summed E-state index contributed by atoms with van der Waals surface area (Å²) in [6, 6.07) is 18.0. The molecule has 0 heterocycles. The van der Waals surface area contributed by atoms with Crippen molar-refractivity contribution < 1.29 is 26.2 Å². The fourth-order valence-electron chi connectivity index (χ4n) is 0.846. The van der Waals surface area contributed by atoms with Gasteiger partial charge in [0.2, 0.25) is 0 Å². The molecule has 0 saturated heterocycles. The van der Waals surface area contributed by atoms with Crippen molar-refractivity contribution >= 4 is 6.08 Å². The van der Waals surface area contributed by atoms with E-state index in [1.54, 1.807) is 0 Å². The van der Waals surface area contributed by atoms with E-state index in [-0.39, 0.29) is 26.2 Å². The first kappa shape index (κ1) is 12.3. The number of rotatable bonds is 1. The van der Waals surface area contributed by atoms with E-state index >= 15 is 0 Å². The van der Waals surface area contributed by atoms with Gasteiger partial charge in [0.15, 0.2) is 0 Å². The molecule has 0 fully saturated rings. The quantitative estimate of drug-likeness (QED) is 0.677. The molecular formula is C12H12Zr-6. The van der Waals surface area contributed by atoms with E-state index < -0.39 is 0 Å². The Hall–Kier alpha value is -0.677. The second-order valence-electron chi connectivity index (χ2n) is 2.38. The fraction of sp³-hybridized carbons (Fsp3) is 0. The SMILES string of the molecule is C=C[c-]1cccc1.[Zr].[cH-]1[cH-][cH-][cH-][cH-]1. The fourth-order valence-corrected chi connectivity index (χ4v) is 0.846. The summed E-state index contributed by atoms with van der Waals surface area (Å²) in [6.45, 7) is 3.60. The maximum atomic E-state index is 3.60. The first-order valence-electron chi connectivity index (χ1n) is 3.94. The summed E-state index contributed by atoms with van der Waals surface area (Å²) in [7, 11) is 0. The molecule has 0 atom stereocenters.